The van der Waals surface area contributed by atoms with Crippen LogP contribution >= 0.6 is 11.6 Å². The SMILES string of the molecule is CC(=O)NNS(=O)(=O)c1ccc(Cl)c([N+](=O)[O-])c1. The summed E-state index contributed by atoms with van der Waals surface area (Å²) in [4.78, 5) is 21.8. The molecule has 2 N–H and O–H groups in total. The van der Waals surface area contributed by atoms with Gasteiger partial charge < -0.3 is 0 Å². The van der Waals surface area contributed by atoms with Crippen molar-refractivity contribution < 1.29 is 18.1 Å². The Bertz CT molecular complexity index is 601. The molecule has 10 heteroatoms. The molecule has 0 fully saturated rings. The average Bonchev–Trinajstić information content (AvgIpc) is 2.26. The maximum Gasteiger partial charge on any atom is 0.289 e. The van der Waals surface area contributed by atoms with Gasteiger partial charge in [0.1, 0.15) is 5.02 Å². The molecule has 0 atom stereocenters. The molecule has 0 aliphatic carbocycles. The number of nitro benzene ring substituents is 1. The van der Waals surface area contributed by atoms with Crippen LogP contribution in [0.15, 0.2) is 23.1 Å². The van der Waals surface area contributed by atoms with Crippen LogP contribution in [0.1, 0.15) is 6.92 Å². The number of carbonyl (C=O) groups is 1. The zero-order valence-electron chi connectivity index (χ0n) is 9.01. The number of amides is 1. The number of halogens is 1. The first-order valence-electron chi connectivity index (χ1n) is 4.46. The predicted octanol–water partition coefficient (Wildman–Crippen LogP) is 0.578. The molecule has 0 aliphatic heterocycles. The van der Waals surface area contributed by atoms with Crippen LogP contribution in [0.5, 0.6) is 0 Å². The Hall–Kier alpha value is -1.71. The number of nitrogens with zero attached hydrogens (tertiary/aromatic N) is 1. The number of rotatable bonds is 4. The molecule has 0 aromatic heterocycles. The molecule has 0 aliphatic rings. The van der Waals surface area contributed by atoms with Gasteiger partial charge in [0.2, 0.25) is 5.91 Å². The summed E-state index contributed by atoms with van der Waals surface area (Å²) in [6.07, 6.45) is 0. The number of benzene rings is 1. The van der Waals surface area contributed by atoms with Gasteiger partial charge in [-0.3, -0.25) is 20.3 Å². The molecule has 18 heavy (non-hydrogen) atoms. The molecule has 0 saturated heterocycles. The van der Waals surface area contributed by atoms with Crippen molar-refractivity contribution in [3.05, 3.63) is 33.3 Å². The second-order valence-electron chi connectivity index (χ2n) is 3.16. The van der Waals surface area contributed by atoms with Crippen molar-refractivity contribution >= 4 is 33.2 Å². The lowest BCUT2D eigenvalue weighted by atomic mass is 10.3. The fourth-order valence-corrected chi connectivity index (χ4v) is 2.09. The minimum atomic E-state index is -4.07. The number of nitrogens with one attached hydrogen (secondary N) is 2. The highest BCUT2D eigenvalue weighted by atomic mass is 35.5. The number of carbonyl (C=O) groups excluding carboxylic acids is 1. The molecular formula is C8H8ClN3O5S. The van der Waals surface area contributed by atoms with Crippen LogP contribution in [0.2, 0.25) is 5.02 Å². The van der Waals surface area contributed by atoms with E-state index in [-0.39, 0.29) is 9.92 Å². The minimum Gasteiger partial charge on any atom is -0.278 e. The second-order valence-corrected chi connectivity index (χ2v) is 5.25. The van der Waals surface area contributed by atoms with Crippen LogP contribution in [0.4, 0.5) is 5.69 Å². The van der Waals surface area contributed by atoms with Crippen molar-refractivity contribution in [3.8, 4) is 0 Å². The molecule has 1 aromatic rings. The maximum atomic E-state index is 11.6. The molecular weight excluding hydrogens is 286 g/mol. The molecule has 0 saturated carbocycles. The largest absolute Gasteiger partial charge is 0.289 e. The molecule has 0 heterocycles. The van der Waals surface area contributed by atoms with Gasteiger partial charge in [-0.2, -0.15) is 0 Å². The van der Waals surface area contributed by atoms with Crippen molar-refractivity contribution in [2.24, 2.45) is 0 Å². The summed E-state index contributed by atoms with van der Waals surface area (Å²) in [6, 6.07) is 2.97. The fraction of sp³-hybridized carbons (Fsp3) is 0.125. The molecule has 1 rings (SSSR count). The molecule has 1 aromatic carbocycles. The highest BCUT2D eigenvalue weighted by molar-refractivity contribution is 7.89. The average molecular weight is 294 g/mol. The first-order valence-corrected chi connectivity index (χ1v) is 6.32. The number of sulfonamides is 1. The van der Waals surface area contributed by atoms with Gasteiger partial charge in [0.05, 0.1) is 9.82 Å². The van der Waals surface area contributed by atoms with E-state index < -0.39 is 26.5 Å². The first-order chi connectivity index (χ1) is 8.24. The summed E-state index contributed by atoms with van der Waals surface area (Å²) < 4.78 is 23.3. The zero-order valence-corrected chi connectivity index (χ0v) is 10.6. The third kappa shape index (κ3) is 3.39. The summed E-state index contributed by atoms with van der Waals surface area (Å²) in [5.74, 6) is -0.623. The summed E-state index contributed by atoms with van der Waals surface area (Å²) in [5.41, 5.74) is 1.33. The fourth-order valence-electron chi connectivity index (χ4n) is 0.998. The van der Waals surface area contributed by atoms with E-state index in [2.05, 4.69) is 0 Å². The maximum absolute atomic E-state index is 11.6. The Morgan fingerprint density at radius 2 is 2.06 bits per heavy atom. The summed E-state index contributed by atoms with van der Waals surface area (Å²) in [7, 11) is -4.07. The second kappa shape index (κ2) is 5.29. The molecule has 0 bridgehead atoms. The van der Waals surface area contributed by atoms with Crippen molar-refractivity contribution in [2.45, 2.75) is 11.8 Å². The van der Waals surface area contributed by atoms with E-state index in [1.807, 2.05) is 5.43 Å². The monoisotopic (exact) mass is 293 g/mol. The zero-order chi connectivity index (χ0) is 13.9. The highest BCUT2D eigenvalue weighted by Gasteiger charge is 2.20. The van der Waals surface area contributed by atoms with Gasteiger partial charge in [0, 0.05) is 13.0 Å². The molecule has 8 nitrogen and oxygen atoms in total. The standard InChI is InChI=1S/C8H8ClN3O5S/c1-5(13)10-11-18(16,17)6-2-3-7(9)8(4-6)12(14)15/h2-4,11H,1H3,(H,10,13). The minimum absolute atomic E-state index is 0.182. The third-order valence-electron chi connectivity index (χ3n) is 1.79. The van der Waals surface area contributed by atoms with E-state index in [9.17, 15) is 23.3 Å². The number of hydrogen-bond donors (Lipinski definition) is 2. The third-order valence-corrected chi connectivity index (χ3v) is 3.35. The van der Waals surface area contributed by atoms with Crippen LogP contribution in [0, 0.1) is 10.1 Å². The van der Waals surface area contributed by atoms with Crippen molar-refractivity contribution in [2.75, 3.05) is 0 Å². The van der Waals surface area contributed by atoms with Gasteiger partial charge in [-0.15, -0.1) is 4.83 Å². The van der Waals surface area contributed by atoms with Gasteiger partial charge in [-0.05, 0) is 12.1 Å². The van der Waals surface area contributed by atoms with Crippen molar-refractivity contribution in [1.82, 2.24) is 10.3 Å². The Labute approximate surface area is 107 Å². The Morgan fingerprint density at radius 1 is 1.44 bits per heavy atom. The van der Waals surface area contributed by atoms with E-state index in [1.165, 1.54) is 0 Å². The number of hydrogen-bond acceptors (Lipinski definition) is 5. The molecule has 0 spiro atoms. The molecule has 0 unspecified atom stereocenters. The Morgan fingerprint density at radius 3 is 2.56 bits per heavy atom. The van der Waals surface area contributed by atoms with E-state index in [0.29, 0.717) is 0 Å². The quantitative estimate of drug-likeness (QED) is 0.621. The highest BCUT2D eigenvalue weighted by Crippen LogP contribution is 2.26. The predicted molar refractivity (Wildman–Crippen MR) is 62.2 cm³/mol. The number of hydrazine groups is 1. The van der Waals surface area contributed by atoms with Crippen LogP contribution < -0.4 is 10.3 Å². The van der Waals surface area contributed by atoms with Crippen LogP contribution in [0.25, 0.3) is 0 Å². The molecule has 0 radical (unpaired) electrons. The molecule has 1 amide bonds. The summed E-state index contributed by atoms with van der Waals surface area (Å²) >= 11 is 5.54. The Kier molecular flexibility index (Phi) is 4.22. The lowest BCUT2D eigenvalue weighted by molar-refractivity contribution is -0.384. The normalized spacial score (nSPS) is 11.0. The van der Waals surface area contributed by atoms with E-state index in [1.54, 1.807) is 4.83 Å². The van der Waals surface area contributed by atoms with Gasteiger partial charge in [0.25, 0.3) is 15.7 Å². The van der Waals surface area contributed by atoms with Gasteiger partial charge in [-0.25, -0.2) is 8.42 Å². The summed E-state index contributed by atoms with van der Waals surface area (Å²) in [5, 5.41) is 10.4. The topological polar surface area (TPSA) is 118 Å². The first kappa shape index (κ1) is 14.4. The van der Waals surface area contributed by atoms with Crippen LogP contribution in [-0.4, -0.2) is 19.2 Å². The smallest absolute Gasteiger partial charge is 0.278 e. The van der Waals surface area contributed by atoms with Gasteiger partial charge in [0.15, 0.2) is 0 Å². The molecule has 98 valence electrons. The van der Waals surface area contributed by atoms with E-state index in [4.69, 9.17) is 11.6 Å². The number of nitro groups is 1. The lowest BCUT2D eigenvalue weighted by Crippen LogP contribution is -2.40. The summed E-state index contributed by atoms with van der Waals surface area (Å²) in [6.45, 7) is 1.10. The van der Waals surface area contributed by atoms with E-state index >= 15 is 0 Å². The van der Waals surface area contributed by atoms with Crippen LogP contribution in [0.3, 0.4) is 0 Å². The van der Waals surface area contributed by atoms with Crippen LogP contribution in [-0.2, 0) is 14.8 Å². The van der Waals surface area contributed by atoms with Crippen molar-refractivity contribution in [1.29, 1.82) is 0 Å². The Balaban J connectivity index is 3.14. The van der Waals surface area contributed by atoms with E-state index in [0.717, 1.165) is 25.1 Å². The van der Waals surface area contributed by atoms with Crippen molar-refractivity contribution in [3.63, 3.8) is 0 Å². The van der Waals surface area contributed by atoms with Gasteiger partial charge in [-0.1, -0.05) is 11.6 Å². The van der Waals surface area contributed by atoms with Gasteiger partial charge >= 0.3 is 0 Å². The lowest BCUT2D eigenvalue weighted by Gasteiger charge is -2.06.